The molecule has 114 valence electrons. The van der Waals surface area contributed by atoms with E-state index in [-0.39, 0.29) is 12.6 Å². The Morgan fingerprint density at radius 1 is 1.33 bits per heavy atom. The maximum absolute atomic E-state index is 11.3. The molecule has 2 aliphatic rings. The van der Waals surface area contributed by atoms with Gasteiger partial charge in [-0.25, -0.2) is 0 Å². The minimum Gasteiger partial charge on any atom is -0.497 e. The Hall–Kier alpha value is -1.55. The summed E-state index contributed by atoms with van der Waals surface area (Å²) < 4.78 is 5.34. The summed E-state index contributed by atoms with van der Waals surface area (Å²) in [7, 11) is 1.68. The molecule has 0 bridgehead atoms. The molecule has 1 N–H and O–H groups in total. The van der Waals surface area contributed by atoms with E-state index in [1.54, 1.807) is 7.11 Å². The molecule has 1 atom stereocenters. The van der Waals surface area contributed by atoms with Crippen molar-refractivity contribution in [2.75, 3.05) is 13.7 Å². The van der Waals surface area contributed by atoms with E-state index in [4.69, 9.17) is 4.74 Å². The van der Waals surface area contributed by atoms with Crippen molar-refractivity contribution in [3.8, 4) is 5.75 Å². The van der Waals surface area contributed by atoms with Gasteiger partial charge in [0, 0.05) is 12.1 Å². The lowest BCUT2D eigenvalue weighted by Gasteiger charge is -2.33. The van der Waals surface area contributed by atoms with Crippen LogP contribution in [0, 0.1) is 0 Å². The SMILES string of the molecule is COc1ccc2c(c1)C(N(CC(=O)O)C1CCCC1)CC2. The lowest BCUT2D eigenvalue weighted by Crippen LogP contribution is -2.39. The zero-order valence-corrected chi connectivity index (χ0v) is 12.5. The number of aryl methyl sites for hydroxylation is 1. The first-order chi connectivity index (χ1) is 10.2. The summed E-state index contributed by atoms with van der Waals surface area (Å²) in [4.78, 5) is 13.5. The average molecular weight is 289 g/mol. The number of hydrogen-bond acceptors (Lipinski definition) is 3. The molecule has 0 heterocycles. The van der Waals surface area contributed by atoms with Crippen LogP contribution in [-0.2, 0) is 11.2 Å². The molecule has 0 spiro atoms. The number of benzene rings is 1. The molecule has 1 aromatic carbocycles. The maximum Gasteiger partial charge on any atom is 0.317 e. The first-order valence-corrected chi connectivity index (χ1v) is 7.83. The van der Waals surface area contributed by atoms with Gasteiger partial charge in [-0.15, -0.1) is 0 Å². The number of rotatable bonds is 5. The van der Waals surface area contributed by atoms with Crippen molar-refractivity contribution in [2.45, 2.75) is 50.6 Å². The van der Waals surface area contributed by atoms with Gasteiger partial charge in [-0.2, -0.15) is 0 Å². The Kier molecular flexibility index (Phi) is 4.15. The van der Waals surface area contributed by atoms with Crippen LogP contribution in [0.15, 0.2) is 18.2 Å². The summed E-state index contributed by atoms with van der Waals surface area (Å²) in [6.07, 6.45) is 6.75. The molecule has 4 heteroatoms. The van der Waals surface area contributed by atoms with E-state index in [1.165, 1.54) is 24.0 Å². The van der Waals surface area contributed by atoms with E-state index in [0.29, 0.717) is 6.04 Å². The van der Waals surface area contributed by atoms with Crippen molar-refractivity contribution in [2.24, 2.45) is 0 Å². The van der Waals surface area contributed by atoms with Gasteiger partial charge >= 0.3 is 5.97 Å². The van der Waals surface area contributed by atoms with E-state index < -0.39 is 5.97 Å². The second kappa shape index (κ2) is 6.06. The summed E-state index contributed by atoms with van der Waals surface area (Å²) >= 11 is 0. The fourth-order valence-corrected chi connectivity index (χ4v) is 3.92. The summed E-state index contributed by atoms with van der Waals surface area (Å²) in [5, 5.41) is 9.29. The summed E-state index contributed by atoms with van der Waals surface area (Å²) in [5.41, 5.74) is 2.61. The monoisotopic (exact) mass is 289 g/mol. The minimum atomic E-state index is -0.724. The smallest absolute Gasteiger partial charge is 0.317 e. The molecule has 0 radical (unpaired) electrons. The van der Waals surface area contributed by atoms with E-state index in [2.05, 4.69) is 17.0 Å². The summed E-state index contributed by atoms with van der Waals surface area (Å²) in [6, 6.07) is 6.87. The first-order valence-electron chi connectivity index (χ1n) is 7.83. The van der Waals surface area contributed by atoms with Crippen molar-refractivity contribution in [1.29, 1.82) is 0 Å². The predicted molar refractivity (Wildman–Crippen MR) is 80.7 cm³/mol. The molecule has 21 heavy (non-hydrogen) atoms. The third-order valence-corrected chi connectivity index (χ3v) is 4.91. The lowest BCUT2D eigenvalue weighted by atomic mass is 10.0. The van der Waals surface area contributed by atoms with Crippen LogP contribution in [0.4, 0.5) is 0 Å². The van der Waals surface area contributed by atoms with Crippen molar-refractivity contribution >= 4 is 5.97 Å². The maximum atomic E-state index is 11.3. The van der Waals surface area contributed by atoms with Crippen LogP contribution >= 0.6 is 0 Å². The highest BCUT2D eigenvalue weighted by Gasteiger charge is 2.34. The summed E-state index contributed by atoms with van der Waals surface area (Å²) in [5.74, 6) is 0.139. The van der Waals surface area contributed by atoms with Crippen LogP contribution in [0.2, 0.25) is 0 Å². The highest BCUT2D eigenvalue weighted by molar-refractivity contribution is 5.69. The molecule has 4 nitrogen and oxygen atoms in total. The van der Waals surface area contributed by atoms with Crippen LogP contribution < -0.4 is 4.74 Å². The zero-order chi connectivity index (χ0) is 14.8. The third-order valence-electron chi connectivity index (χ3n) is 4.91. The van der Waals surface area contributed by atoms with Crippen molar-refractivity contribution in [3.63, 3.8) is 0 Å². The van der Waals surface area contributed by atoms with Crippen molar-refractivity contribution in [3.05, 3.63) is 29.3 Å². The van der Waals surface area contributed by atoms with Gasteiger partial charge in [-0.1, -0.05) is 18.9 Å². The number of hydrogen-bond donors (Lipinski definition) is 1. The highest BCUT2D eigenvalue weighted by atomic mass is 16.5. The molecule has 2 aliphatic carbocycles. The molecule has 1 fully saturated rings. The molecule has 1 aromatic rings. The van der Waals surface area contributed by atoms with E-state index in [1.807, 2.05) is 6.07 Å². The predicted octanol–water partition coefficient (Wildman–Crippen LogP) is 3.01. The first kappa shape index (κ1) is 14.4. The number of carboxylic acid groups (broad SMARTS) is 1. The van der Waals surface area contributed by atoms with Crippen molar-refractivity contribution < 1.29 is 14.6 Å². The second-order valence-corrected chi connectivity index (χ2v) is 6.12. The van der Waals surface area contributed by atoms with Crippen LogP contribution in [0.3, 0.4) is 0 Å². The number of ether oxygens (including phenoxy) is 1. The Bertz CT molecular complexity index is 523. The molecular formula is C17H23NO3. The van der Waals surface area contributed by atoms with Crippen LogP contribution in [0.5, 0.6) is 5.75 Å². The highest BCUT2D eigenvalue weighted by Crippen LogP contribution is 2.40. The van der Waals surface area contributed by atoms with Crippen LogP contribution in [0.25, 0.3) is 0 Å². The number of aliphatic carboxylic acids is 1. The Morgan fingerprint density at radius 2 is 2.10 bits per heavy atom. The van der Waals surface area contributed by atoms with Crippen LogP contribution in [0.1, 0.15) is 49.3 Å². The molecule has 0 amide bonds. The number of carbonyl (C=O) groups is 1. The van der Waals surface area contributed by atoms with Gasteiger partial charge in [0.1, 0.15) is 5.75 Å². The molecule has 3 rings (SSSR count). The fraction of sp³-hybridized carbons (Fsp3) is 0.588. The van der Waals surface area contributed by atoms with Gasteiger partial charge in [-0.05, 0) is 48.9 Å². The molecule has 1 unspecified atom stereocenters. The molecule has 0 aromatic heterocycles. The normalized spacial score (nSPS) is 21.7. The molecule has 0 saturated heterocycles. The summed E-state index contributed by atoms with van der Waals surface area (Å²) in [6.45, 7) is 0.145. The Labute approximate surface area is 125 Å². The van der Waals surface area contributed by atoms with Gasteiger partial charge in [0.15, 0.2) is 0 Å². The fourth-order valence-electron chi connectivity index (χ4n) is 3.92. The molecular weight excluding hydrogens is 266 g/mol. The zero-order valence-electron chi connectivity index (χ0n) is 12.5. The van der Waals surface area contributed by atoms with Gasteiger partial charge in [0.25, 0.3) is 0 Å². The van der Waals surface area contributed by atoms with E-state index in [9.17, 15) is 9.90 Å². The quantitative estimate of drug-likeness (QED) is 0.905. The van der Waals surface area contributed by atoms with E-state index in [0.717, 1.165) is 31.4 Å². The minimum absolute atomic E-state index is 0.145. The van der Waals surface area contributed by atoms with Gasteiger partial charge in [-0.3, -0.25) is 9.69 Å². The standard InChI is InChI=1S/C17H23NO3/c1-21-14-8-6-12-7-9-16(15(12)10-14)18(11-17(19)20)13-4-2-3-5-13/h6,8,10,13,16H,2-5,7,9,11H2,1H3,(H,19,20). The average Bonchev–Trinajstić information content (AvgIpc) is 3.13. The number of nitrogens with zero attached hydrogens (tertiary/aromatic N) is 1. The topological polar surface area (TPSA) is 49.8 Å². The Morgan fingerprint density at radius 3 is 2.76 bits per heavy atom. The van der Waals surface area contributed by atoms with Gasteiger partial charge < -0.3 is 9.84 Å². The molecule has 0 aliphatic heterocycles. The van der Waals surface area contributed by atoms with Crippen LogP contribution in [-0.4, -0.2) is 35.7 Å². The third kappa shape index (κ3) is 2.91. The number of carboxylic acids is 1. The Balaban J connectivity index is 1.89. The van der Waals surface area contributed by atoms with Gasteiger partial charge in [0.05, 0.1) is 13.7 Å². The van der Waals surface area contributed by atoms with Gasteiger partial charge in [0.2, 0.25) is 0 Å². The van der Waals surface area contributed by atoms with E-state index >= 15 is 0 Å². The van der Waals surface area contributed by atoms with Crippen molar-refractivity contribution in [1.82, 2.24) is 4.90 Å². The molecule has 1 saturated carbocycles. The largest absolute Gasteiger partial charge is 0.497 e. The number of methoxy groups -OCH3 is 1. The lowest BCUT2D eigenvalue weighted by molar-refractivity contribution is -0.139. The second-order valence-electron chi connectivity index (χ2n) is 6.12. The number of fused-ring (bicyclic) bond motifs is 1.